The fourth-order valence-corrected chi connectivity index (χ4v) is 2.55. The maximum atomic E-state index is 12.1. The van der Waals surface area contributed by atoms with Gasteiger partial charge < -0.3 is 4.42 Å². The molecule has 0 atom stereocenters. The van der Waals surface area contributed by atoms with Crippen molar-refractivity contribution in [2.24, 2.45) is 0 Å². The molecule has 7 nitrogen and oxygen atoms in total. The normalized spacial score (nSPS) is 10.7. The number of aromatic nitrogens is 4. The number of H-pyrrole nitrogens is 1. The van der Waals surface area contributed by atoms with Crippen molar-refractivity contribution < 1.29 is 9.21 Å². The summed E-state index contributed by atoms with van der Waals surface area (Å²) in [5.41, 5.74) is 0.351. The van der Waals surface area contributed by atoms with Gasteiger partial charge in [0.25, 0.3) is 5.91 Å². The molecule has 0 aromatic carbocycles. The zero-order valence-corrected chi connectivity index (χ0v) is 11.6. The molecule has 0 saturated carbocycles. The first-order valence-corrected chi connectivity index (χ1v) is 6.67. The van der Waals surface area contributed by atoms with E-state index in [2.05, 4.69) is 25.5 Å². The van der Waals surface area contributed by atoms with Gasteiger partial charge in [0.05, 0.1) is 6.26 Å². The predicted molar refractivity (Wildman–Crippen MR) is 73.6 cm³/mol. The van der Waals surface area contributed by atoms with Crippen LogP contribution in [0, 0.1) is 13.8 Å². The molecule has 2 N–H and O–H groups in total. The van der Waals surface area contributed by atoms with Gasteiger partial charge in [-0.1, -0.05) is 0 Å². The topological polar surface area (TPSA) is 96.7 Å². The summed E-state index contributed by atoms with van der Waals surface area (Å²) in [6.07, 6.45) is 1.57. The Kier molecular flexibility index (Phi) is 3.07. The monoisotopic (exact) mass is 289 g/mol. The Morgan fingerprint density at radius 3 is 2.90 bits per heavy atom. The Hall–Kier alpha value is -2.48. The van der Waals surface area contributed by atoms with E-state index >= 15 is 0 Å². The van der Waals surface area contributed by atoms with E-state index in [0.717, 1.165) is 4.88 Å². The average molecular weight is 289 g/mol. The number of carbonyl (C=O) groups is 1. The molecular weight excluding hydrogens is 278 g/mol. The minimum atomic E-state index is -0.337. The van der Waals surface area contributed by atoms with Crippen LogP contribution in [0.5, 0.6) is 0 Å². The highest BCUT2D eigenvalue weighted by Gasteiger charge is 2.18. The zero-order chi connectivity index (χ0) is 14.1. The van der Waals surface area contributed by atoms with Gasteiger partial charge in [0.1, 0.15) is 11.5 Å². The smallest absolute Gasteiger partial charge is 0.277 e. The fourth-order valence-electron chi connectivity index (χ4n) is 1.67. The summed E-state index contributed by atoms with van der Waals surface area (Å²) in [6, 6.07) is 3.58. The van der Waals surface area contributed by atoms with Crippen LogP contribution in [0.4, 0.5) is 5.95 Å². The van der Waals surface area contributed by atoms with Crippen molar-refractivity contribution in [3.05, 3.63) is 34.8 Å². The van der Waals surface area contributed by atoms with Gasteiger partial charge >= 0.3 is 0 Å². The molecule has 0 fully saturated rings. The van der Waals surface area contributed by atoms with E-state index in [9.17, 15) is 4.79 Å². The highest BCUT2D eigenvalue weighted by Crippen LogP contribution is 2.28. The van der Waals surface area contributed by atoms with Crippen LogP contribution in [0.15, 0.2) is 22.8 Å². The summed E-state index contributed by atoms with van der Waals surface area (Å²) < 4.78 is 5.28. The van der Waals surface area contributed by atoms with Crippen molar-refractivity contribution in [1.29, 1.82) is 0 Å². The van der Waals surface area contributed by atoms with Crippen LogP contribution in [0.3, 0.4) is 0 Å². The average Bonchev–Trinajstić information content (AvgIpc) is 3.09. The molecule has 0 radical (unpaired) electrons. The molecule has 0 saturated heterocycles. The Labute approximate surface area is 118 Å². The van der Waals surface area contributed by atoms with Crippen molar-refractivity contribution in [1.82, 2.24) is 20.2 Å². The van der Waals surface area contributed by atoms with E-state index in [1.54, 1.807) is 25.3 Å². The van der Waals surface area contributed by atoms with E-state index in [4.69, 9.17) is 4.42 Å². The Bertz CT molecular complexity index is 744. The molecule has 102 valence electrons. The number of furan rings is 1. The SMILES string of the molecule is Cc1nc(NC(=O)c2nc(-c3ccco3)sc2C)n[nH]1. The second kappa shape index (κ2) is 4.89. The highest BCUT2D eigenvalue weighted by molar-refractivity contribution is 7.15. The van der Waals surface area contributed by atoms with Crippen LogP contribution < -0.4 is 5.32 Å². The van der Waals surface area contributed by atoms with Crippen molar-refractivity contribution in [2.45, 2.75) is 13.8 Å². The minimum Gasteiger partial charge on any atom is -0.462 e. The van der Waals surface area contributed by atoms with Gasteiger partial charge in [0, 0.05) is 4.88 Å². The van der Waals surface area contributed by atoms with E-state index in [0.29, 0.717) is 22.3 Å². The minimum absolute atomic E-state index is 0.236. The second-order valence-corrected chi connectivity index (χ2v) is 5.30. The number of nitrogens with zero attached hydrogens (tertiary/aromatic N) is 3. The van der Waals surface area contributed by atoms with Crippen LogP contribution in [0.1, 0.15) is 21.2 Å². The van der Waals surface area contributed by atoms with E-state index in [1.165, 1.54) is 11.3 Å². The summed E-state index contributed by atoms with van der Waals surface area (Å²) in [4.78, 5) is 21.3. The number of rotatable bonds is 3. The molecule has 0 bridgehead atoms. The van der Waals surface area contributed by atoms with Gasteiger partial charge in [-0.25, -0.2) is 4.98 Å². The third kappa shape index (κ3) is 2.32. The molecule has 0 unspecified atom stereocenters. The molecule has 3 rings (SSSR count). The number of thiazole rings is 1. The summed E-state index contributed by atoms with van der Waals surface area (Å²) in [5, 5.41) is 9.79. The summed E-state index contributed by atoms with van der Waals surface area (Å²) in [5.74, 6) is 1.17. The number of aromatic amines is 1. The largest absolute Gasteiger partial charge is 0.462 e. The second-order valence-electron chi connectivity index (χ2n) is 4.10. The van der Waals surface area contributed by atoms with Crippen LogP contribution in [-0.2, 0) is 0 Å². The molecular formula is C12H11N5O2S. The van der Waals surface area contributed by atoms with Gasteiger partial charge in [-0.15, -0.1) is 16.4 Å². The first-order valence-electron chi connectivity index (χ1n) is 5.85. The Morgan fingerprint density at radius 2 is 2.25 bits per heavy atom. The van der Waals surface area contributed by atoms with Gasteiger partial charge in [-0.2, -0.15) is 4.98 Å². The number of aryl methyl sites for hydroxylation is 2. The van der Waals surface area contributed by atoms with Gasteiger partial charge in [0.15, 0.2) is 10.8 Å². The zero-order valence-electron chi connectivity index (χ0n) is 10.8. The lowest BCUT2D eigenvalue weighted by atomic mass is 10.3. The number of carbonyl (C=O) groups excluding carboxylic acids is 1. The van der Waals surface area contributed by atoms with Crippen molar-refractivity contribution >= 4 is 23.2 Å². The molecule has 3 aromatic rings. The van der Waals surface area contributed by atoms with E-state index < -0.39 is 0 Å². The molecule has 0 aliphatic heterocycles. The Morgan fingerprint density at radius 1 is 1.40 bits per heavy atom. The Balaban J connectivity index is 1.85. The number of nitrogens with one attached hydrogen (secondary N) is 2. The number of hydrogen-bond acceptors (Lipinski definition) is 6. The third-order valence-corrected chi connectivity index (χ3v) is 3.55. The predicted octanol–water partition coefficient (Wildman–Crippen LogP) is 2.39. The molecule has 20 heavy (non-hydrogen) atoms. The standard InChI is InChI=1S/C12H11N5O2S/c1-6-9(10(18)15-12-13-7(2)16-17-12)14-11(20-6)8-4-3-5-19-8/h3-5H,1-2H3,(H2,13,15,16,17,18). The fraction of sp³-hybridized carbons (Fsp3) is 0.167. The van der Waals surface area contributed by atoms with Crippen LogP contribution in [0.25, 0.3) is 10.8 Å². The molecule has 1 amide bonds. The van der Waals surface area contributed by atoms with Crippen molar-refractivity contribution in [3.8, 4) is 10.8 Å². The lowest BCUT2D eigenvalue weighted by Gasteiger charge is -1.97. The maximum absolute atomic E-state index is 12.1. The molecule has 3 heterocycles. The molecule has 8 heteroatoms. The first kappa shape index (κ1) is 12.5. The quantitative estimate of drug-likeness (QED) is 0.771. The maximum Gasteiger partial charge on any atom is 0.277 e. The lowest BCUT2D eigenvalue weighted by molar-refractivity contribution is 0.102. The number of amides is 1. The highest BCUT2D eigenvalue weighted by atomic mass is 32.1. The van der Waals surface area contributed by atoms with E-state index in [-0.39, 0.29) is 11.9 Å². The summed E-state index contributed by atoms with van der Waals surface area (Å²) in [7, 11) is 0. The summed E-state index contributed by atoms with van der Waals surface area (Å²) >= 11 is 1.40. The lowest BCUT2D eigenvalue weighted by Crippen LogP contribution is -2.14. The first-order chi connectivity index (χ1) is 9.63. The molecule has 0 spiro atoms. The number of hydrogen-bond donors (Lipinski definition) is 2. The third-order valence-electron chi connectivity index (χ3n) is 2.57. The van der Waals surface area contributed by atoms with E-state index in [1.807, 2.05) is 6.92 Å². The number of anilines is 1. The van der Waals surface area contributed by atoms with Gasteiger partial charge in [-0.05, 0) is 26.0 Å². The van der Waals surface area contributed by atoms with Crippen molar-refractivity contribution in [2.75, 3.05) is 5.32 Å². The molecule has 0 aliphatic rings. The molecule has 3 aromatic heterocycles. The van der Waals surface area contributed by atoms with Crippen LogP contribution in [0.2, 0.25) is 0 Å². The van der Waals surface area contributed by atoms with Gasteiger partial charge in [-0.3, -0.25) is 15.2 Å². The van der Waals surface area contributed by atoms with Gasteiger partial charge in [0.2, 0.25) is 5.95 Å². The molecule has 0 aliphatic carbocycles. The van der Waals surface area contributed by atoms with Crippen LogP contribution >= 0.6 is 11.3 Å². The summed E-state index contributed by atoms with van der Waals surface area (Å²) in [6.45, 7) is 3.59. The van der Waals surface area contributed by atoms with Crippen molar-refractivity contribution in [3.63, 3.8) is 0 Å². The van der Waals surface area contributed by atoms with Crippen LogP contribution in [-0.4, -0.2) is 26.1 Å².